The Balaban J connectivity index is 2.91. The quantitative estimate of drug-likeness (QED) is 0.708. The zero-order valence-electron chi connectivity index (χ0n) is 8.84. The number of carboxylic acid groups (broad SMARTS) is 1. The maximum atomic E-state index is 10.7. The standard InChI is InChI=1S/C11H13NO4/c1-16-10-3-2-7(4-8(10)6-13)5-9(12)11(14)15/h2-4,6,9H,5,12H2,1H3,(H,14,15). The van der Waals surface area contributed by atoms with Gasteiger partial charge in [0.05, 0.1) is 12.7 Å². The molecular weight excluding hydrogens is 210 g/mol. The van der Waals surface area contributed by atoms with Crippen molar-refractivity contribution in [2.45, 2.75) is 12.5 Å². The topological polar surface area (TPSA) is 89.6 Å². The SMILES string of the molecule is COc1ccc(CC(N)C(=O)O)cc1C=O. The lowest BCUT2D eigenvalue weighted by Gasteiger charge is -2.09. The molecule has 1 aromatic carbocycles. The molecule has 0 amide bonds. The Morgan fingerprint density at radius 3 is 2.81 bits per heavy atom. The summed E-state index contributed by atoms with van der Waals surface area (Å²) in [5.41, 5.74) is 6.47. The summed E-state index contributed by atoms with van der Waals surface area (Å²) in [5.74, 6) is -0.605. The third-order valence-corrected chi connectivity index (χ3v) is 2.19. The molecule has 1 rings (SSSR count). The van der Waals surface area contributed by atoms with Crippen LogP contribution in [0, 0.1) is 0 Å². The highest BCUT2D eigenvalue weighted by atomic mass is 16.5. The number of rotatable bonds is 5. The van der Waals surface area contributed by atoms with E-state index in [9.17, 15) is 9.59 Å². The fourth-order valence-electron chi connectivity index (χ4n) is 1.34. The second kappa shape index (κ2) is 5.27. The summed E-state index contributed by atoms with van der Waals surface area (Å²) in [7, 11) is 1.46. The van der Waals surface area contributed by atoms with E-state index < -0.39 is 12.0 Å². The van der Waals surface area contributed by atoms with Gasteiger partial charge in [0.2, 0.25) is 0 Å². The minimum absolute atomic E-state index is 0.181. The van der Waals surface area contributed by atoms with Crippen LogP contribution < -0.4 is 10.5 Å². The molecule has 5 heteroatoms. The molecule has 0 aliphatic heterocycles. The van der Waals surface area contributed by atoms with E-state index in [4.69, 9.17) is 15.6 Å². The second-order valence-electron chi connectivity index (χ2n) is 3.34. The molecule has 86 valence electrons. The van der Waals surface area contributed by atoms with Gasteiger partial charge in [0.1, 0.15) is 11.8 Å². The lowest BCUT2D eigenvalue weighted by Crippen LogP contribution is -2.32. The zero-order chi connectivity index (χ0) is 12.1. The van der Waals surface area contributed by atoms with E-state index in [0.717, 1.165) is 0 Å². The maximum absolute atomic E-state index is 10.7. The van der Waals surface area contributed by atoms with Gasteiger partial charge in [0, 0.05) is 0 Å². The smallest absolute Gasteiger partial charge is 0.320 e. The molecule has 0 saturated carbocycles. The summed E-state index contributed by atoms with van der Waals surface area (Å²) in [6.45, 7) is 0. The van der Waals surface area contributed by atoms with Gasteiger partial charge in [-0.15, -0.1) is 0 Å². The van der Waals surface area contributed by atoms with Crippen molar-refractivity contribution in [2.75, 3.05) is 7.11 Å². The van der Waals surface area contributed by atoms with Crippen LogP contribution in [-0.4, -0.2) is 30.5 Å². The number of carboxylic acids is 1. The summed E-state index contributed by atoms with van der Waals surface area (Å²) >= 11 is 0. The van der Waals surface area contributed by atoms with E-state index in [-0.39, 0.29) is 6.42 Å². The van der Waals surface area contributed by atoms with Crippen LogP contribution in [0.25, 0.3) is 0 Å². The average molecular weight is 223 g/mol. The van der Waals surface area contributed by atoms with Gasteiger partial charge in [0.25, 0.3) is 0 Å². The van der Waals surface area contributed by atoms with E-state index >= 15 is 0 Å². The molecule has 0 aliphatic carbocycles. The summed E-state index contributed by atoms with van der Waals surface area (Å²) < 4.78 is 4.96. The molecular formula is C11H13NO4. The minimum Gasteiger partial charge on any atom is -0.496 e. The second-order valence-corrected chi connectivity index (χ2v) is 3.34. The molecule has 16 heavy (non-hydrogen) atoms. The predicted octanol–water partition coefficient (Wildman–Crippen LogP) is 0.462. The maximum Gasteiger partial charge on any atom is 0.320 e. The van der Waals surface area contributed by atoms with Crippen molar-refractivity contribution in [3.8, 4) is 5.75 Å². The first kappa shape index (κ1) is 12.2. The molecule has 1 aromatic rings. The number of carbonyl (C=O) groups excluding carboxylic acids is 1. The van der Waals surface area contributed by atoms with Gasteiger partial charge in [0.15, 0.2) is 6.29 Å². The number of hydrogen-bond donors (Lipinski definition) is 2. The van der Waals surface area contributed by atoms with Crippen molar-refractivity contribution >= 4 is 12.3 Å². The van der Waals surface area contributed by atoms with E-state index in [2.05, 4.69) is 0 Å². The molecule has 0 spiro atoms. The number of hydrogen-bond acceptors (Lipinski definition) is 4. The van der Waals surface area contributed by atoms with Crippen molar-refractivity contribution in [2.24, 2.45) is 5.73 Å². The Kier molecular flexibility index (Phi) is 4.02. The number of ether oxygens (including phenoxy) is 1. The molecule has 0 radical (unpaired) electrons. The summed E-state index contributed by atoms with van der Waals surface area (Å²) in [5, 5.41) is 8.65. The third kappa shape index (κ3) is 2.80. The van der Waals surface area contributed by atoms with Crippen molar-refractivity contribution < 1.29 is 19.4 Å². The number of aliphatic carboxylic acids is 1. The van der Waals surface area contributed by atoms with Crippen molar-refractivity contribution in [3.63, 3.8) is 0 Å². The van der Waals surface area contributed by atoms with Crippen LogP contribution in [0.1, 0.15) is 15.9 Å². The number of benzene rings is 1. The van der Waals surface area contributed by atoms with Gasteiger partial charge in [-0.25, -0.2) is 0 Å². The van der Waals surface area contributed by atoms with Crippen LogP contribution >= 0.6 is 0 Å². The first-order chi connectivity index (χ1) is 7.58. The fraction of sp³-hybridized carbons (Fsp3) is 0.273. The summed E-state index contributed by atoms with van der Waals surface area (Å²) in [6, 6.07) is 3.92. The van der Waals surface area contributed by atoms with Crippen LogP contribution in [0.4, 0.5) is 0 Å². The summed E-state index contributed by atoms with van der Waals surface area (Å²) in [6.07, 6.45) is 0.842. The van der Waals surface area contributed by atoms with Gasteiger partial charge in [-0.05, 0) is 24.1 Å². The number of carbonyl (C=O) groups is 2. The fourth-order valence-corrected chi connectivity index (χ4v) is 1.34. The van der Waals surface area contributed by atoms with Crippen molar-refractivity contribution in [1.82, 2.24) is 0 Å². The number of methoxy groups -OCH3 is 1. The largest absolute Gasteiger partial charge is 0.496 e. The highest BCUT2D eigenvalue weighted by Gasteiger charge is 2.13. The van der Waals surface area contributed by atoms with Crippen LogP contribution in [-0.2, 0) is 11.2 Å². The predicted molar refractivity (Wildman–Crippen MR) is 57.7 cm³/mol. The van der Waals surface area contributed by atoms with E-state index in [1.807, 2.05) is 0 Å². The van der Waals surface area contributed by atoms with Crippen LogP contribution in [0.5, 0.6) is 5.75 Å². The first-order valence-electron chi connectivity index (χ1n) is 4.69. The highest BCUT2D eigenvalue weighted by Crippen LogP contribution is 2.18. The Labute approximate surface area is 92.8 Å². The monoisotopic (exact) mass is 223 g/mol. The lowest BCUT2D eigenvalue weighted by molar-refractivity contribution is -0.138. The van der Waals surface area contributed by atoms with Crippen molar-refractivity contribution in [1.29, 1.82) is 0 Å². The number of aldehydes is 1. The van der Waals surface area contributed by atoms with Crippen LogP contribution in [0.2, 0.25) is 0 Å². The Hall–Kier alpha value is -1.88. The molecule has 5 nitrogen and oxygen atoms in total. The Morgan fingerprint density at radius 2 is 2.31 bits per heavy atom. The van der Waals surface area contributed by atoms with E-state index in [1.54, 1.807) is 18.2 Å². The molecule has 1 atom stereocenters. The van der Waals surface area contributed by atoms with E-state index in [1.165, 1.54) is 7.11 Å². The zero-order valence-corrected chi connectivity index (χ0v) is 8.84. The van der Waals surface area contributed by atoms with Crippen molar-refractivity contribution in [3.05, 3.63) is 29.3 Å². The lowest BCUT2D eigenvalue weighted by atomic mass is 10.0. The minimum atomic E-state index is -1.07. The average Bonchev–Trinajstić information content (AvgIpc) is 2.28. The highest BCUT2D eigenvalue weighted by molar-refractivity contribution is 5.80. The Bertz CT molecular complexity index is 403. The van der Waals surface area contributed by atoms with Gasteiger partial charge in [-0.2, -0.15) is 0 Å². The molecule has 0 fully saturated rings. The first-order valence-corrected chi connectivity index (χ1v) is 4.69. The van der Waals surface area contributed by atoms with Gasteiger partial charge in [-0.3, -0.25) is 9.59 Å². The van der Waals surface area contributed by atoms with Crippen LogP contribution in [0.15, 0.2) is 18.2 Å². The number of nitrogens with two attached hydrogens (primary N) is 1. The molecule has 0 aliphatic rings. The van der Waals surface area contributed by atoms with Crippen LogP contribution in [0.3, 0.4) is 0 Å². The Morgan fingerprint density at radius 1 is 1.62 bits per heavy atom. The third-order valence-electron chi connectivity index (χ3n) is 2.19. The molecule has 3 N–H and O–H groups in total. The molecule has 0 heterocycles. The van der Waals surface area contributed by atoms with Gasteiger partial charge >= 0.3 is 5.97 Å². The normalized spacial score (nSPS) is 11.9. The van der Waals surface area contributed by atoms with Gasteiger partial charge in [-0.1, -0.05) is 6.07 Å². The summed E-state index contributed by atoms with van der Waals surface area (Å²) in [4.78, 5) is 21.3. The molecule has 0 bridgehead atoms. The van der Waals surface area contributed by atoms with E-state index in [0.29, 0.717) is 23.2 Å². The molecule has 0 aromatic heterocycles. The van der Waals surface area contributed by atoms with Gasteiger partial charge < -0.3 is 15.6 Å². The molecule has 0 saturated heterocycles. The molecule has 1 unspecified atom stereocenters.